The second-order valence-electron chi connectivity index (χ2n) is 6.05. The molecule has 5 nitrogen and oxygen atoms in total. The van der Waals surface area contributed by atoms with Crippen LogP contribution in [0, 0.1) is 5.92 Å². The van der Waals surface area contributed by atoms with E-state index >= 15 is 0 Å². The van der Waals surface area contributed by atoms with Gasteiger partial charge in [-0.15, -0.1) is 0 Å². The lowest BCUT2D eigenvalue weighted by Crippen LogP contribution is -2.43. The molecule has 0 spiro atoms. The van der Waals surface area contributed by atoms with Gasteiger partial charge in [-0.25, -0.2) is 4.98 Å². The van der Waals surface area contributed by atoms with Gasteiger partial charge in [0, 0.05) is 31.5 Å². The fourth-order valence-electron chi connectivity index (χ4n) is 3.54. The van der Waals surface area contributed by atoms with Gasteiger partial charge in [-0.05, 0) is 31.6 Å². The monoisotopic (exact) mass is 276 g/mol. The van der Waals surface area contributed by atoms with Gasteiger partial charge in [-0.2, -0.15) is 0 Å². The minimum Gasteiger partial charge on any atom is -0.355 e. The molecule has 1 aromatic heterocycles. The average Bonchev–Trinajstić information content (AvgIpc) is 3.12. The highest BCUT2D eigenvalue weighted by Gasteiger charge is 2.37. The molecule has 2 N–H and O–H groups in total. The predicted octanol–water partition coefficient (Wildman–Crippen LogP) is 1.31. The molecule has 2 fully saturated rings. The van der Waals surface area contributed by atoms with Crippen molar-refractivity contribution < 1.29 is 4.79 Å². The zero-order valence-electron chi connectivity index (χ0n) is 11.9. The lowest BCUT2D eigenvalue weighted by Gasteiger charge is -2.24. The summed E-state index contributed by atoms with van der Waals surface area (Å²) in [5.41, 5.74) is 0. The second-order valence-corrected chi connectivity index (χ2v) is 6.05. The van der Waals surface area contributed by atoms with Crippen molar-refractivity contribution in [3.8, 4) is 0 Å². The van der Waals surface area contributed by atoms with Gasteiger partial charge in [-0.3, -0.25) is 4.79 Å². The molecule has 3 atom stereocenters. The molecule has 1 aliphatic carbocycles. The molecule has 2 aliphatic rings. The third-order valence-corrected chi connectivity index (χ3v) is 4.63. The summed E-state index contributed by atoms with van der Waals surface area (Å²) in [4.78, 5) is 16.2. The Kier molecular flexibility index (Phi) is 4.35. The predicted molar refractivity (Wildman–Crippen MR) is 77.1 cm³/mol. The van der Waals surface area contributed by atoms with E-state index in [-0.39, 0.29) is 11.9 Å². The number of aryl methyl sites for hydroxylation is 1. The van der Waals surface area contributed by atoms with Crippen LogP contribution < -0.4 is 10.6 Å². The number of aromatic nitrogens is 2. The van der Waals surface area contributed by atoms with E-state index in [1.54, 1.807) is 6.20 Å². The highest BCUT2D eigenvalue weighted by molar-refractivity contribution is 5.82. The van der Waals surface area contributed by atoms with Crippen molar-refractivity contribution in [3.05, 3.63) is 18.7 Å². The first-order valence-electron chi connectivity index (χ1n) is 7.82. The van der Waals surface area contributed by atoms with Gasteiger partial charge < -0.3 is 15.2 Å². The Morgan fingerprint density at radius 2 is 2.30 bits per heavy atom. The maximum atomic E-state index is 12.2. The van der Waals surface area contributed by atoms with Gasteiger partial charge in [-0.1, -0.05) is 12.8 Å². The van der Waals surface area contributed by atoms with Crippen LogP contribution in [0.25, 0.3) is 0 Å². The number of amides is 1. The van der Waals surface area contributed by atoms with Crippen LogP contribution in [0.3, 0.4) is 0 Å². The van der Waals surface area contributed by atoms with E-state index in [1.807, 2.05) is 17.1 Å². The van der Waals surface area contributed by atoms with Gasteiger partial charge in [0.15, 0.2) is 0 Å². The molecule has 1 amide bonds. The van der Waals surface area contributed by atoms with Gasteiger partial charge in [0.05, 0.1) is 12.4 Å². The van der Waals surface area contributed by atoms with Crippen molar-refractivity contribution >= 4 is 5.91 Å². The normalized spacial score (nSPS) is 29.1. The van der Waals surface area contributed by atoms with Crippen LogP contribution >= 0.6 is 0 Å². The standard InChI is InChI=1S/C15H24N4O/c20-15(17-6-3-8-19-9-7-16-11-19)14-10-12-4-1-2-5-13(12)18-14/h7,9,11-14,18H,1-6,8,10H2,(H,17,20). The third-order valence-electron chi connectivity index (χ3n) is 4.63. The molecule has 5 heteroatoms. The first kappa shape index (κ1) is 13.6. The number of hydrogen-bond acceptors (Lipinski definition) is 3. The van der Waals surface area contributed by atoms with Gasteiger partial charge >= 0.3 is 0 Å². The molecule has 0 bridgehead atoms. The summed E-state index contributed by atoms with van der Waals surface area (Å²) < 4.78 is 2.04. The highest BCUT2D eigenvalue weighted by Crippen LogP contribution is 2.33. The van der Waals surface area contributed by atoms with Crippen molar-refractivity contribution in [2.24, 2.45) is 5.92 Å². The van der Waals surface area contributed by atoms with Gasteiger partial charge in [0.2, 0.25) is 5.91 Å². The molecular formula is C15H24N4O. The summed E-state index contributed by atoms with van der Waals surface area (Å²) in [6.07, 6.45) is 12.7. The quantitative estimate of drug-likeness (QED) is 0.797. The number of fused-ring (bicyclic) bond motifs is 1. The fraction of sp³-hybridized carbons (Fsp3) is 0.733. The first-order chi connectivity index (χ1) is 9.83. The van der Waals surface area contributed by atoms with Crippen molar-refractivity contribution in [1.82, 2.24) is 20.2 Å². The van der Waals surface area contributed by atoms with E-state index < -0.39 is 0 Å². The van der Waals surface area contributed by atoms with Crippen molar-refractivity contribution in [2.75, 3.05) is 6.54 Å². The smallest absolute Gasteiger partial charge is 0.237 e. The van der Waals surface area contributed by atoms with Crippen LogP contribution in [0.2, 0.25) is 0 Å². The van der Waals surface area contributed by atoms with E-state index in [9.17, 15) is 4.79 Å². The summed E-state index contributed by atoms with van der Waals surface area (Å²) in [6.45, 7) is 1.65. The summed E-state index contributed by atoms with van der Waals surface area (Å²) >= 11 is 0. The minimum atomic E-state index is 0.0383. The van der Waals surface area contributed by atoms with E-state index in [2.05, 4.69) is 15.6 Å². The summed E-state index contributed by atoms with van der Waals surface area (Å²) in [6, 6.07) is 0.627. The van der Waals surface area contributed by atoms with E-state index in [4.69, 9.17) is 0 Å². The molecule has 1 saturated carbocycles. The number of imidazole rings is 1. The second kappa shape index (κ2) is 6.39. The lowest BCUT2D eigenvalue weighted by molar-refractivity contribution is -0.122. The van der Waals surface area contributed by atoms with Crippen LogP contribution in [-0.2, 0) is 11.3 Å². The van der Waals surface area contributed by atoms with Gasteiger partial charge in [0.25, 0.3) is 0 Å². The summed E-state index contributed by atoms with van der Waals surface area (Å²) in [5, 5.41) is 6.58. The third kappa shape index (κ3) is 3.20. The maximum Gasteiger partial charge on any atom is 0.237 e. The summed E-state index contributed by atoms with van der Waals surface area (Å²) in [7, 11) is 0. The molecule has 1 aromatic rings. The van der Waals surface area contributed by atoms with Crippen LogP contribution in [-0.4, -0.2) is 34.1 Å². The SMILES string of the molecule is O=C(NCCCn1ccnc1)C1CC2CCCCC2N1. The number of hydrogen-bond donors (Lipinski definition) is 2. The van der Waals surface area contributed by atoms with E-state index in [0.29, 0.717) is 6.04 Å². The van der Waals surface area contributed by atoms with Crippen molar-refractivity contribution in [3.63, 3.8) is 0 Å². The Hall–Kier alpha value is -1.36. The minimum absolute atomic E-state index is 0.0383. The Morgan fingerprint density at radius 3 is 3.10 bits per heavy atom. The Morgan fingerprint density at radius 1 is 1.40 bits per heavy atom. The molecule has 3 unspecified atom stereocenters. The van der Waals surface area contributed by atoms with Crippen LogP contribution in [0.5, 0.6) is 0 Å². The Bertz CT molecular complexity index is 417. The number of nitrogens with one attached hydrogen (secondary N) is 2. The molecule has 0 aromatic carbocycles. The fourth-order valence-corrected chi connectivity index (χ4v) is 3.54. The van der Waals surface area contributed by atoms with Crippen LogP contribution in [0.4, 0.5) is 0 Å². The maximum absolute atomic E-state index is 12.2. The average molecular weight is 276 g/mol. The number of rotatable bonds is 5. The van der Waals surface area contributed by atoms with E-state index in [0.717, 1.165) is 31.8 Å². The molecule has 0 radical (unpaired) electrons. The highest BCUT2D eigenvalue weighted by atomic mass is 16.2. The Balaban J connectivity index is 1.37. The number of carbonyl (C=O) groups excluding carboxylic acids is 1. The number of nitrogens with zero attached hydrogens (tertiary/aromatic N) is 2. The first-order valence-corrected chi connectivity index (χ1v) is 7.82. The van der Waals surface area contributed by atoms with Gasteiger partial charge in [0.1, 0.15) is 0 Å². The van der Waals surface area contributed by atoms with Crippen LogP contribution in [0.15, 0.2) is 18.7 Å². The largest absolute Gasteiger partial charge is 0.355 e. The molecule has 110 valence electrons. The van der Waals surface area contributed by atoms with Crippen LogP contribution in [0.1, 0.15) is 38.5 Å². The summed E-state index contributed by atoms with van der Waals surface area (Å²) in [5.74, 6) is 0.912. The molecule has 1 aliphatic heterocycles. The Labute approximate surface area is 120 Å². The van der Waals surface area contributed by atoms with Crippen molar-refractivity contribution in [1.29, 1.82) is 0 Å². The zero-order valence-corrected chi connectivity index (χ0v) is 11.9. The molecule has 20 heavy (non-hydrogen) atoms. The van der Waals surface area contributed by atoms with E-state index in [1.165, 1.54) is 25.7 Å². The lowest BCUT2D eigenvalue weighted by atomic mass is 9.85. The molecular weight excluding hydrogens is 252 g/mol. The molecule has 1 saturated heterocycles. The zero-order chi connectivity index (χ0) is 13.8. The molecule has 2 heterocycles. The topological polar surface area (TPSA) is 59.0 Å². The van der Waals surface area contributed by atoms with Crippen molar-refractivity contribution in [2.45, 2.75) is 57.2 Å². The molecule has 3 rings (SSSR count). The number of carbonyl (C=O) groups is 1.